The van der Waals surface area contributed by atoms with Crippen molar-refractivity contribution in [3.8, 4) is 0 Å². The lowest BCUT2D eigenvalue weighted by molar-refractivity contribution is 0.356. The molecular formula is C15H16N4O2. The molecule has 1 atom stereocenters. The van der Waals surface area contributed by atoms with Crippen molar-refractivity contribution in [2.75, 3.05) is 0 Å². The standard InChI is InChI=1S/C15H16N4O2/c1-18-13(20)17-19(14(18)21)15-9-5-4-8-12(15)16-11-7-3-2-6-10(11)15/h2-3,6-7H,4-5,8-9H2,1H3,(H,17,20). The number of hydrogen-bond donors (Lipinski definition) is 1. The van der Waals surface area contributed by atoms with Gasteiger partial charge in [0.1, 0.15) is 5.54 Å². The van der Waals surface area contributed by atoms with Crippen LogP contribution in [0, 0.1) is 0 Å². The molecule has 1 aliphatic heterocycles. The first-order valence-corrected chi connectivity index (χ1v) is 7.21. The maximum atomic E-state index is 12.5. The maximum absolute atomic E-state index is 12.5. The molecule has 1 unspecified atom stereocenters. The third-order valence-corrected chi connectivity index (χ3v) is 4.66. The number of benzene rings is 1. The Bertz CT molecular complexity index is 870. The lowest BCUT2D eigenvalue weighted by atomic mass is 9.76. The van der Waals surface area contributed by atoms with Crippen molar-refractivity contribution in [3.05, 3.63) is 50.8 Å². The molecule has 6 heteroatoms. The Morgan fingerprint density at radius 1 is 1.24 bits per heavy atom. The highest BCUT2D eigenvalue weighted by atomic mass is 16.2. The number of para-hydroxylation sites is 1. The molecule has 2 aliphatic rings. The fourth-order valence-corrected chi connectivity index (χ4v) is 3.60. The molecule has 6 nitrogen and oxygen atoms in total. The summed E-state index contributed by atoms with van der Waals surface area (Å²) in [6.07, 6.45) is 3.73. The van der Waals surface area contributed by atoms with E-state index >= 15 is 0 Å². The fourth-order valence-electron chi connectivity index (χ4n) is 3.60. The number of rotatable bonds is 1. The van der Waals surface area contributed by atoms with Gasteiger partial charge in [-0.05, 0) is 31.7 Å². The second-order valence-electron chi connectivity index (χ2n) is 5.74. The summed E-state index contributed by atoms with van der Waals surface area (Å²) < 4.78 is 2.60. The van der Waals surface area contributed by atoms with Crippen LogP contribution in [0.3, 0.4) is 0 Å². The molecule has 0 amide bonds. The summed E-state index contributed by atoms with van der Waals surface area (Å²) in [4.78, 5) is 29.1. The Labute approximate surface area is 120 Å². The molecule has 0 saturated heterocycles. The molecule has 0 radical (unpaired) electrons. The van der Waals surface area contributed by atoms with Gasteiger partial charge in [-0.15, -0.1) is 0 Å². The fraction of sp³-hybridized carbons (Fsp3) is 0.400. The number of aliphatic imine (C=N–C) groups is 1. The van der Waals surface area contributed by atoms with Crippen molar-refractivity contribution in [3.63, 3.8) is 0 Å². The van der Waals surface area contributed by atoms with Crippen LogP contribution in [0.15, 0.2) is 38.8 Å². The molecular weight excluding hydrogens is 268 g/mol. The van der Waals surface area contributed by atoms with Gasteiger partial charge in [0.15, 0.2) is 0 Å². The maximum Gasteiger partial charge on any atom is 0.347 e. The van der Waals surface area contributed by atoms with Gasteiger partial charge >= 0.3 is 11.4 Å². The van der Waals surface area contributed by atoms with Gasteiger partial charge in [0.2, 0.25) is 0 Å². The van der Waals surface area contributed by atoms with Gasteiger partial charge in [-0.2, -0.15) is 0 Å². The molecule has 1 aromatic heterocycles. The minimum absolute atomic E-state index is 0.314. The van der Waals surface area contributed by atoms with E-state index < -0.39 is 5.54 Å². The van der Waals surface area contributed by atoms with Gasteiger partial charge in [0, 0.05) is 12.6 Å². The Hall–Kier alpha value is -2.37. The van der Waals surface area contributed by atoms with Gasteiger partial charge in [0.05, 0.1) is 11.4 Å². The summed E-state index contributed by atoms with van der Waals surface area (Å²) in [7, 11) is 1.49. The van der Waals surface area contributed by atoms with Gasteiger partial charge in [0.25, 0.3) is 0 Å². The van der Waals surface area contributed by atoms with Crippen LogP contribution in [-0.2, 0) is 12.6 Å². The number of nitrogens with one attached hydrogen (secondary N) is 1. The number of aromatic amines is 1. The second kappa shape index (κ2) is 4.07. The van der Waals surface area contributed by atoms with E-state index in [4.69, 9.17) is 4.99 Å². The van der Waals surface area contributed by atoms with Crippen molar-refractivity contribution in [1.82, 2.24) is 14.3 Å². The largest absolute Gasteiger partial charge is 0.347 e. The summed E-state index contributed by atoms with van der Waals surface area (Å²) in [5, 5.41) is 2.72. The number of aromatic nitrogens is 3. The van der Waals surface area contributed by atoms with E-state index in [0.717, 1.165) is 47.2 Å². The van der Waals surface area contributed by atoms with Crippen LogP contribution in [0.2, 0.25) is 0 Å². The van der Waals surface area contributed by atoms with Gasteiger partial charge in [-0.1, -0.05) is 18.2 Å². The topological polar surface area (TPSA) is 72.2 Å². The average molecular weight is 284 g/mol. The van der Waals surface area contributed by atoms with Crippen LogP contribution in [-0.4, -0.2) is 20.1 Å². The van der Waals surface area contributed by atoms with Crippen LogP contribution in [0.5, 0.6) is 0 Å². The van der Waals surface area contributed by atoms with Gasteiger partial charge in [-0.3, -0.25) is 4.99 Å². The minimum atomic E-state index is -0.605. The van der Waals surface area contributed by atoms with E-state index in [0.29, 0.717) is 0 Å². The quantitative estimate of drug-likeness (QED) is 0.856. The third kappa shape index (κ3) is 1.44. The second-order valence-corrected chi connectivity index (χ2v) is 5.74. The molecule has 1 aromatic carbocycles. The van der Waals surface area contributed by atoms with Crippen molar-refractivity contribution in [1.29, 1.82) is 0 Å². The SMILES string of the molecule is Cn1c(=O)[nH]n(C23CCCCC2=Nc2ccccc23)c1=O. The number of nitrogens with zero attached hydrogens (tertiary/aromatic N) is 3. The highest BCUT2D eigenvalue weighted by molar-refractivity contribution is 6.02. The molecule has 108 valence electrons. The van der Waals surface area contributed by atoms with E-state index in [-0.39, 0.29) is 11.4 Å². The predicted octanol–water partition coefficient (Wildman–Crippen LogP) is 1.28. The van der Waals surface area contributed by atoms with Crippen molar-refractivity contribution >= 4 is 11.4 Å². The Morgan fingerprint density at radius 2 is 2.05 bits per heavy atom. The predicted molar refractivity (Wildman–Crippen MR) is 79.4 cm³/mol. The Balaban J connectivity index is 2.07. The normalized spacial score (nSPS) is 23.6. The Kier molecular flexibility index (Phi) is 2.40. The van der Waals surface area contributed by atoms with Crippen molar-refractivity contribution in [2.45, 2.75) is 31.2 Å². The molecule has 1 fully saturated rings. The summed E-state index contributed by atoms with van der Waals surface area (Å²) in [6.45, 7) is 0. The van der Waals surface area contributed by atoms with Gasteiger partial charge < -0.3 is 0 Å². The van der Waals surface area contributed by atoms with Gasteiger partial charge in [-0.25, -0.2) is 23.9 Å². The van der Waals surface area contributed by atoms with Crippen LogP contribution in [0.1, 0.15) is 31.2 Å². The first kappa shape index (κ1) is 12.4. The molecule has 0 bridgehead atoms. The first-order chi connectivity index (χ1) is 10.1. The zero-order chi connectivity index (χ0) is 14.6. The number of fused-ring (bicyclic) bond motifs is 3. The van der Waals surface area contributed by atoms with Crippen LogP contribution >= 0.6 is 0 Å². The molecule has 1 saturated carbocycles. The summed E-state index contributed by atoms with van der Waals surface area (Å²) in [6, 6.07) is 7.88. The van der Waals surface area contributed by atoms with E-state index in [1.807, 2.05) is 24.3 Å². The molecule has 2 heterocycles. The van der Waals surface area contributed by atoms with Crippen LogP contribution in [0.4, 0.5) is 5.69 Å². The highest BCUT2D eigenvalue weighted by Crippen LogP contribution is 2.47. The lowest BCUT2D eigenvalue weighted by Gasteiger charge is -2.35. The van der Waals surface area contributed by atoms with E-state index in [1.54, 1.807) is 0 Å². The van der Waals surface area contributed by atoms with E-state index in [1.165, 1.54) is 11.7 Å². The molecule has 1 N–H and O–H groups in total. The zero-order valence-electron chi connectivity index (χ0n) is 11.8. The molecule has 2 aromatic rings. The van der Waals surface area contributed by atoms with E-state index in [9.17, 15) is 9.59 Å². The number of hydrogen-bond acceptors (Lipinski definition) is 3. The summed E-state index contributed by atoms with van der Waals surface area (Å²) in [5.74, 6) is 0. The minimum Gasteiger partial charge on any atom is -0.254 e. The molecule has 0 spiro atoms. The summed E-state index contributed by atoms with van der Waals surface area (Å²) in [5.41, 5.74) is 1.61. The Morgan fingerprint density at radius 3 is 2.81 bits per heavy atom. The van der Waals surface area contributed by atoms with Crippen molar-refractivity contribution in [2.24, 2.45) is 12.0 Å². The highest BCUT2D eigenvalue weighted by Gasteiger charge is 2.48. The van der Waals surface area contributed by atoms with Crippen LogP contribution < -0.4 is 11.4 Å². The smallest absolute Gasteiger partial charge is 0.254 e. The molecule has 21 heavy (non-hydrogen) atoms. The first-order valence-electron chi connectivity index (χ1n) is 7.21. The average Bonchev–Trinajstić information content (AvgIpc) is 2.98. The molecule has 4 rings (SSSR count). The number of H-pyrrole nitrogens is 1. The third-order valence-electron chi connectivity index (χ3n) is 4.66. The van der Waals surface area contributed by atoms with E-state index in [2.05, 4.69) is 5.10 Å². The zero-order valence-corrected chi connectivity index (χ0v) is 11.8. The molecule has 1 aliphatic carbocycles. The van der Waals surface area contributed by atoms with Crippen LogP contribution in [0.25, 0.3) is 0 Å². The lowest BCUT2D eigenvalue weighted by Crippen LogP contribution is -2.49. The van der Waals surface area contributed by atoms with Crippen molar-refractivity contribution < 1.29 is 0 Å². The monoisotopic (exact) mass is 284 g/mol. The summed E-state index contributed by atoms with van der Waals surface area (Å²) >= 11 is 0.